The molecule has 1 atom stereocenters. The predicted molar refractivity (Wildman–Crippen MR) is 133 cm³/mol. The maximum absolute atomic E-state index is 12.7. The van der Waals surface area contributed by atoms with Crippen LogP contribution in [0.3, 0.4) is 0 Å². The van der Waals surface area contributed by atoms with E-state index in [9.17, 15) is 33.9 Å². The monoisotopic (exact) mass is 536 g/mol. The lowest BCUT2D eigenvalue weighted by molar-refractivity contribution is -0.197. The second-order valence-electron chi connectivity index (χ2n) is 8.93. The van der Waals surface area contributed by atoms with Gasteiger partial charge in [-0.2, -0.15) is 4.98 Å². The van der Waals surface area contributed by atoms with E-state index in [4.69, 9.17) is 10.6 Å². The van der Waals surface area contributed by atoms with Gasteiger partial charge in [-0.25, -0.2) is 14.8 Å². The fourth-order valence-corrected chi connectivity index (χ4v) is 3.97. The van der Waals surface area contributed by atoms with Crippen LogP contribution >= 0.6 is 0 Å². The molecule has 1 fully saturated rings. The standard InChI is InChI=1S/C25H24N6O8/c26-25-29-22-21(23(36)30-25)28-16(12-27-22)7-3-13-1-4-14(5-2-13)17(32)11-15(24(37)38)6-10-20(35)39-31-18(33)8-9-19(31)34/h1-2,4-5,12,15H,3,6-11H2,(H,37,38)(H3,26,27,29,30,36). The number of carboxylic acid groups (broad SMARTS) is 1. The van der Waals surface area contributed by atoms with Gasteiger partial charge in [0.05, 0.1) is 17.8 Å². The second kappa shape index (κ2) is 11.6. The minimum Gasteiger partial charge on any atom is -0.481 e. The lowest BCUT2D eigenvalue weighted by Gasteiger charge is -2.14. The molecule has 4 N–H and O–H groups in total. The molecule has 14 heteroatoms. The molecule has 1 aliphatic rings. The molecular weight excluding hydrogens is 512 g/mol. The van der Waals surface area contributed by atoms with Gasteiger partial charge in [0.2, 0.25) is 5.95 Å². The molecule has 0 radical (unpaired) electrons. The van der Waals surface area contributed by atoms with Gasteiger partial charge < -0.3 is 15.7 Å². The summed E-state index contributed by atoms with van der Waals surface area (Å²) in [7, 11) is 0. The number of aromatic amines is 1. The van der Waals surface area contributed by atoms with Crippen molar-refractivity contribution in [1.29, 1.82) is 0 Å². The third-order valence-electron chi connectivity index (χ3n) is 6.11. The Labute approximate surface area is 220 Å². The SMILES string of the molecule is Nc1nc2ncc(CCc3ccc(C(=O)CC(CCC(=O)ON4C(=O)CCC4=O)C(=O)O)cc3)nc2c(=O)[nH]1. The number of anilines is 1. The van der Waals surface area contributed by atoms with Gasteiger partial charge in [-0.05, 0) is 24.8 Å². The Balaban J connectivity index is 1.30. The molecule has 14 nitrogen and oxygen atoms in total. The summed E-state index contributed by atoms with van der Waals surface area (Å²) < 4.78 is 0. The summed E-state index contributed by atoms with van der Waals surface area (Å²) in [5.41, 5.74) is 7.01. The number of aryl methyl sites for hydroxylation is 2. The number of carbonyl (C=O) groups excluding carboxylic acids is 4. The number of hydroxylamine groups is 2. The summed E-state index contributed by atoms with van der Waals surface area (Å²) in [6.45, 7) is 0. The number of amides is 2. The molecule has 2 aromatic heterocycles. The number of aliphatic carboxylic acids is 1. The van der Waals surface area contributed by atoms with Crippen LogP contribution in [0.4, 0.5) is 5.95 Å². The summed E-state index contributed by atoms with van der Waals surface area (Å²) in [6, 6.07) is 6.62. The van der Waals surface area contributed by atoms with E-state index >= 15 is 0 Å². The highest BCUT2D eigenvalue weighted by atomic mass is 16.7. The number of nitrogens with one attached hydrogen (secondary N) is 1. The Bertz CT molecular complexity index is 1500. The van der Waals surface area contributed by atoms with Crippen LogP contribution in [-0.4, -0.2) is 59.6 Å². The maximum atomic E-state index is 12.7. The summed E-state index contributed by atoms with van der Waals surface area (Å²) in [5.74, 6) is -5.07. The molecule has 4 rings (SSSR count). The van der Waals surface area contributed by atoms with E-state index in [0.29, 0.717) is 29.2 Å². The van der Waals surface area contributed by atoms with Crippen LogP contribution in [0.1, 0.15) is 53.7 Å². The van der Waals surface area contributed by atoms with Crippen molar-refractivity contribution >= 4 is 46.6 Å². The van der Waals surface area contributed by atoms with Crippen molar-refractivity contribution in [3.05, 3.63) is 57.6 Å². The average molecular weight is 537 g/mol. The van der Waals surface area contributed by atoms with Gasteiger partial charge in [-0.3, -0.25) is 29.0 Å². The van der Waals surface area contributed by atoms with Crippen molar-refractivity contribution in [3.63, 3.8) is 0 Å². The fraction of sp³-hybridized carbons (Fsp3) is 0.320. The predicted octanol–water partition coefficient (Wildman–Crippen LogP) is 0.741. The van der Waals surface area contributed by atoms with Crippen LogP contribution in [0.25, 0.3) is 11.2 Å². The summed E-state index contributed by atoms with van der Waals surface area (Å²) >= 11 is 0. The molecular formula is C25H24N6O8. The first kappa shape index (κ1) is 27.0. The Morgan fingerprint density at radius 1 is 1.05 bits per heavy atom. The lowest BCUT2D eigenvalue weighted by atomic mass is 9.93. The number of nitrogens with zero attached hydrogens (tertiary/aromatic N) is 4. The summed E-state index contributed by atoms with van der Waals surface area (Å²) in [6.07, 6.45) is 1.48. The molecule has 0 aliphatic carbocycles. The molecule has 202 valence electrons. The molecule has 3 heterocycles. The van der Waals surface area contributed by atoms with Crippen LogP contribution in [0.15, 0.2) is 35.3 Å². The Morgan fingerprint density at radius 2 is 1.74 bits per heavy atom. The smallest absolute Gasteiger partial charge is 0.333 e. The van der Waals surface area contributed by atoms with Crippen LogP contribution in [0.2, 0.25) is 0 Å². The molecule has 1 unspecified atom stereocenters. The number of rotatable bonds is 11. The lowest BCUT2D eigenvalue weighted by Crippen LogP contribution is -2.32. The first-order chi connectivity index (χ1) is 18.6. The van der Waals surface area contributed by atoms with Crippen molar-refractivity contribution in [1.82, 2.24) is 25.0 Å². The van der Waals surface area contributed by atoms with Crippen LogP contribution < -0.4 is 11.3 Å². The maximum Gasteiger partial charge on any atom is 0.333 e. The molecule has 1 aliphatic heterocycles. The number of imide groups is 1. The third-order valence-corrected chi connectivity index (χ3v) is 6.11. The van der Waals surface area contributed by atoms with Gasteiger partial charge in [0, 0.05) is 31.2 Å². The summed E-state index contributed by atoms with van der Waals surface area (Å²) in [4.78, 5) is 90.9. The average Bonchev–Trinajstić information content (AvgIpc) is 3.22. The van der Waals surface area contributed by atoms with E-state index in [0.717, 1.165) is 5.56 Å². The topological polar surface area (TPSA) is 216 Å². The third kappa shape index (κ3) is 6.66. The Kier molecular flexibility index (Phi) is 8.03. The molecule has 0 bridgehead atoms. The number of hydrogen-bond donors (Lipinski definition) is 3. The van der Waals surface area contributed by atoms with E-state index in [1.165, 1.54) is 6.20 Å². The zero-order chi connectivity index (χ0) is 28.1. The number of benzene rings is 1. The highest BCUT2D eigenvalue weighted by Crippen LogP contribution is 2.19. The van der Waals surface area contributed by atoms with E-state index in [1.807, 2.05) is 0 Å². The van der Waals surface area contributed by atoms with Gasteiger partial charge in [0.1, 0.15) is 0 Å². The van der Waals surface area contributed by atoms with Gasteiger partial charge in [-0.1, -0.05) is 24.3 Å². The van der Waals surface area contributed by atoms with Gasteiger partial charge in [0.25, 0.3) is 17.4 Å². The number of H-pyrrole nitrogens is 1. The second-order valence-corrected chi connectivity index (χ2v) is 8.93. The van der Waals surface area contributed by atoms with Crippen molar-refractivity contribution in [2.45, 2.75) is 44.9 Å². The first-order valence-corrected chi connectivity index (χ1v) is 12.0. The van der Waals surface area contributed by atoms with E-state index in [-0.39, 0.29) is 49.2 Å². The Hall–Kier alpha value is -5.01. The zero-order valence-electron chi connectivity index (χ0n) is 20.6. The molecule has 0 spiro atoms. The number of aromatic nitrogens is 4. The van der Waals surface area contributed by atoms with Crippen molar-refractivity contribution in [3.8, 4) is 0 Å². The number of nitrogens with two attached hydrogens (primary N) is 1. The number of carbonyl (C=O) groups is 5. The van der Waals surface area contributed by atoms with E-state index in [1.54, 1.807) is 24.3 Å². The Morgan fingerprint density at radius 3 is 2.41 bits per heavy atom. The number of ketones is 1. The van der Waals surface area contributed by atoms with Crippen LogP contribution in [-0.2, 0) is 36.9 Å². The van der Waals surface area contributed by atoms with Gasteiger partial charge in [0.15, 0.2) is 16.9 Å². The highest BCUT2D eigenvalue weighted by molar-refractivity contribution is 6.01. The molecule has 39 heavy (non-hydrogen) atoms. The highest BCUT2D eigenvalue weighted by Gasteiger charge is 2.33. The number of nitrogen functional groups attached to an aromatic ring is 1. The molecule has 1 aromatic carbocycles. The number of carboxylic acids is 1. The molecule has 0 saturated carbocycles. The quantitative estimate of drug-likeness (QED) is 0.228. The van der Waals surface area contributed by atoms with Crippen molar-refractivity contribution in [2.75, 3.05) is 5.73 Å². The number of hydrogen-bond acceptors (Lipinski definition) is 11. The first-order valence-electron chi connectivity index (χ1n) is 12.0. The van der Waals surface area contributed by atoms with Gasteiger partial charge in [-0.15, -0.1) is 5.06 Å². The minimum absolute atomic E-state index is 0.0470. The van der Waals surface area contributed by atoms with E-state index in [2.05, 4.69) is 19.9 Å². The number of fused-ring (bicyclic) bond motifs is 1. The molecule has 1 saturated heterocycles. The van der Waals surface area contributed by atoms with Crippen LogP contribution in [0, 0.1) is 5.92 Å². The minimum atomic E-state index is -1.26. The van der Waals surface area contributed by atoms with E-state index < -0.39 is 41.0 Å². The largest absolute Gasteiger partial charge is 0.481 e. The molecule has 2 amide bonds. The molecule has 3 aromatic rings. The fourth-order valence-electron chi connectivity index (χ4n) is 3.97. The van der Waals surface area contributed by atoms with Gasteiger partial charge >= 0.3 is 11.9 Å². The number of Topliss-reactive ketones (excluding diaryl/α,β-unsaturated/α-hetero) is 1. The summed E-state index contributed by atoms with van der Waals surface area (Å²) in [5, 5.41) is 9.90. The normalized spacial score (nSPS) is 14.0. The van der Waals surface area contributed by atoms with Crippen molar-refractivity contribution in [2.24, 2.45) is 5.92 Å². The van der Waals surface area contributed by atoms with Crippen LogP contribution in [0.5, 0.6) is 0 Å². The van der Waals surface area contributed by atoms with Crippen molar-refractivity contribution < 1.29 is 33.9 Å². The zero-order valence-corrected chi connectivity index (χ0v) is 20.6.